The largest absolute Gasteiger partial charge is 0.230 e. The van der Waals surface area contributed by atoms with Crippen LogP contribution in [0.3, 0.4) is 0 Å². The van der Waals surface area contributed by atoms with E-state index in [9.17, 15) is 0 Å². The van der Waals surface area contributed by atoms with Crippen LogP contribution in [0.2, 0.25) is 0 Å². The molecule has 28 rings (SSSR count). The Morgan fingerprint density at radius 1 is 0.226 bits per heavy atom. The fraction of sp³-hybridized carbons (Fsp3) is 0.228. The Labute approximate surface area is 898 Å². The van der Waals surface area contributed by atoms with Gasteiger partial charge >= 0.3 is 0 Å². The smallest absolute Gasteiger partial charge is 0.200 e. The normalized spacial score (nSPS) is 16.3. The molecule has 720 valence electrons. The maximum atomic E-state index is 9.11. The maximum absolute atomic E-state index is 9.11. The molecule has 0 unspecified atom stereocenters. The number of aromatic nitrogens is 5. The van der Waals surface area contributed by atoms with Gasteiger partial charge in [0.25, 0.3) is 0 Å². The molecule has 3 saturated carbocycles. The van der Waals surface area contributed by atoms with Crippen molar-refractivity contribution in [2.45, 2.75) is 170 Å². The van der Waals surface area contributed by atoms with E-state index in [2.05, 4.69) is 318 Å². The lowest BCUT2D eigenvalue weighted by atomic mass is 9.83. The summed E-state index contributed by atoms with van der Waals surface area (Å²) in [5, 5.41) is 23.4. The molecule has 10 heterocycles. The molecule has 5 nitrogen and oxygen atoms in total. The van der Waals surface area contributed by atoms with Crippen LogP contribution >= 0.6 is 56.7 Å². The number of hydrogen-bond donors (Lipinski definition) is 0. The first-order chi connectivity index (χ1) is 76.9. The molecule has 0 N–H and O–H groups in total. The lowest BCUT2D eigenvalue weighted by Gasteiger charge is -2.22. The van der Waals surface area contributed by atoms with Gasteiger partial charge in [-0.05, 0) is 278 Å². The summed E-state index contributed by atoms with van der Waals surface area (Å²) in [5.41, 5.74) is 22.7. The van der Waals surface area contributed by atoms with Crippen molar-refractivity contribution < 1.29 is 43.4 Å². The molecule has 0 spiro atoms. The standard InChI is InChI=1S/C31H32NS.C30H30NS.C28H26NS.C24H20NS.C23H18NS/c1-19-10-13-25(20(2)16-19)29-31-28(21(3)18-32(29)4)27-15-12-24-17-23(22-8-6-5-7-9-22)11-14-26(24)30(27)33-31;1-18-9-12-24(19(2)15-18)28-30-27(20(3)17-31(28)4)26-14-11-23-16-22(21-7-5-6-8-21)10-13-25(23)29(26)32-30;1-18-7-3-6-10-22(18)26-28-25(15-16-29(26)2)24-14-12-21-17-20(19-8-4-5-9-19)11-13-23(21)27(24)30-28;1-15-8-9-17-14-22-21(13-18(17)12-15)20-10-11-25(3)23(24(20)26-22)19-7-5-4-6-16(19)2;1-15-7-3-6-10-18(15)22-23-19(11-12-24(22)2)20-13-16-8-4-5-9-17(16)14-21(20)25-23/h10-18,22H,5-9H2,1-4H3;9-17,21H,5-8H2,1-4H3;3,6-7,10-17,19H,4-5,8-9H2,1-2H3;4-14H,1-3H3;3-14H,1-2H3/q5*+1/i1D3,3D3,22D;1D3,3D3,21D;19D;;. The second-order valence-electron chi connectivity index (χ2n) is 40.8. The van der Waals surface area contributed by atoms with Gasteiger partial charge in [-0.3, -0.25) is 0 Å². The number of fused-ring (bicyclic) bond motifs is 23. The Morgan fingerprint density at radius 3 is 0.959 bits per heavy atom. The van der Waals surface area contributed by atoms with Gasteiger partial charge in [-0.15, -0.1) is 56.7 Å². The lowest BCUT2D eigenvalue weighted by Crippen LogP contribution is -2.31. The number of benzene rings is 15. The average Bonchev–Trinajstić information content (AvgIpc) is 1.57. The van der Waals surface area contributed by atoms with Gasteiger partial charge in [0.05, 0.1) is 27.8 Å². The van der Waals surface area contributed by atoms with E-state index in [1.807, 2.05) is 95.4 Å². The highest BCUT2D eigenvalue weighted by Crippen LogP contribution is 2.51. The molecule has 0 radical (unpaired) electrons. The van der Waals surface area contributed by atoms with Crippen LogP contribution in [-0.2, 0) is 35.2 Å². The van der Waals surface area contributed by atoms with Crippen molar-refractivity contribution in [1.29, 1.82) is 0 Å². The summed E-state index contributed by atoms with van der Waals surface area (Å²) in [7, 11) is 10.1. The number of thiophene rings is 5. The first kappa shape index (κ1) is 78.8. The first-order valence-corrected chi connectivity index (χ1v) is 55.4. The molecular formula is C136H126N5S5+5. The minimum absolute atomic E-state index is 0.286. The van der Waals surface area contributed by atoms with E-state index in [-0.39, 0.29) is 11.1 Å². The predicted molar refractivity (Wildman–Crippen MR) is 633 cm³/mol. The molecule has 15 aromatic carbocycles. The minimum atomic E-state index is -2.31. The van der Waals surface area contributed by atoms with Gasteiger partial charge in [0.15, 0.2) is 31.0 Å². The second-order valence-corrected chi connectivity index (χ2v) is 46.0. The molecule has 0 bridgehead atoms. The monoisotopic (exact) mass is 2000 g/mol. The van der Waals surface area contributed by atoms with Crippen LogP contribution in [0.25, 0.3) is 211 Å². The molecule has 0 aliphatic heterocycles. The molecule has 3 fully saturated rings. The van der Waals surface area contributed by atoms with Crippen LogP contribution < -0.4 is 22.8 Å². The SMILES string of the molecule is Cc1ccc2cc3sc4c(-c5ccccc5C)[n+](C)ccc4c3cc2c1.Cc1ccccc1-c1c2sc3cc4ccccc4cc3c2cc[n+]1C.[2H]C([2H])([2H])c1ccc(-c2c3sc4c5ccc(C6([2H])CCCC6)cc5ccc4c3c(C([2H])([2H])[2H])c[n+]2C)c(C)c1.[2H]C([2H])([2H])c1ccc(-c2c3sc4c5ccc(C6([2H])CCCCC6)cc5ccc4c3c(C([2H])([2H])[2H])c[n+]2C)c(C)c1.[2H]C1(c2ccc3c(ccc4c5cc[n+](C)c(-c6ccccc6C)c5sc34)c2)CCCC1. The third-order valence-electron chi connectivity index (χ3n) is 31.2. The summed E-state index contributed by atoms with van der Waals surface area (Å²) in [6, 6.07) is 100.0. The molecule has 3 aliphatic rings. The van der Waals surface area contributed by atoms with Crippen molar-refractivity contribution >= 4 is 211 Å². The number of nitrogens with zero attached hydrogens (tertiary/aromatic N) is 5. The Kier molecular flexibility index (Phi) is 21.0. The van der Waals surface area contributed by atoms with E-state index < -0.39 is 45.1 Å². The quantitative estimate of drug-likeness (QED) is 0.135. The van der Waals surface area contributed by atoms with Crippen molar-refractivity contribution in [2.24, 2.45) is 35.2 Å². The van der Waals surface area contributed by atoms with Crippen molar-refractivity contribution in [3.8, 4) is 56.3 Å². The van der Waals surface area contributed by atoms with Crippen LogP contribution in [0.15, 0.2) is 316 Å². The third-order valence-corrected chi connectivity index (χ3v) is 37.3. The van der Waals surface area contributed by atoms with E-state index in [4.69, 9.17) is 20.6 Å². The molecule has 0 saturated heterocycles. The average molecular weight is 2010 g/mol. The van der Waals surface area contributed by atoms with E-state index in [0.717, 1.165) is 171 Å². The predicted octanol–water partition coefficient (Wildman–Crippen LogP) is 36.9. The maximum Gasteiger partial charge on any atom is 0.230 e. The number of rotatable bonds is 8. The van der Waals surface area contributed by atoms with E-state index in [1.165, 1.54) is 174 Å². The lowest BCUT2D eigenvalue weighted by molar-refractivity contribution is -0.659. The zero-order valence-corrected chi connectivity index (χ0v) is 88.6. The van der Waals surface area contributed by atoms with E-state index in [1.54, 1.807) is 59.3 Å². The van der Waals surface area contributed by atoms with Crippen molar-refractivity contribution in [3.05, 3.63) is 388 Å². The van der Waals surface area contributed by atoms with Gasteiger partial charge in [-0.1, -0.05) is 274 Å². The van der Waals surface area contributed by atoms with Crippen molar-refractivity contribution in [1.82, 2.24) is 0 Å². The van der Waals surface area contributed by atoms with Crippen LogP contribution in [-0.4, -0.2) is 0 Å². The molecule has 0 atom stereocenters. The Bertz CT molecular complexity index is 10300. The summed E-state index contributed by atoms with van der Waals surface area (Å²) >= 11 is 8.88. The highest BCUT2D eigenvalue weighted by molar-refractivity contribution is 7.28. The molecule has 146 heavy (non-hydrogen) atoms. The molecule has 10 heteroatoms. The number of pyridine rings is 5. The number of hydrogen-bond acceptors (Lipinski definition) is 5. The van der Waals surface area contributed by atoms with Gasteiger partial charge in [0.2, 0.25) is 28.5 Å². The molecule has 3 aliphatic carbocycles. The van der Waals surface area contributed by atoms with Gasteiger partial charge < -0.3 is 0 Å². The molecule has 0 amide bonds. The minimum Gasteiger partial charge on any atom is -0.200 e. The summed E-state index contributed by atoms with van der Waals surface area (Å²) in [4.78, 5) is 0. The molecule has 25 aromatic rings. The van der Waals surface area contributed by atoms with E-state index >= 15 is 0 Å². The fourth-order valence-corrected chi connectivity index (χ4v) is 30.6. The van der Waals surface area contributed by atoms with Gasteiger partial charge in [0, 0.05) is 127 Å². The Hall–Kier alpha value is -13.6. The Morgan fingerprint density at radius 2 is 0.548 bits per heavy atom. The zero-order valence-electron chi connectivity index (χ0n) is 99.5. The highest BCUT2D eigenvalue weighted by Gasteiger charge is 2.31. The third kappa shape index (κ3) is 17.2. The summed E-state index contributed by atoms with van der Waals surface area (Å²) in [5.74, 6) is -1.47. The molecular weight excluding hydrogens is 1860 g/mol. The van der Waals surface area contributed by atoms with Gasteiger partial charge in [-0.2, -0.15) is 22.8 Å². The van der Waals surface area contributed by atoms with Crippen LogP contribution in [0.5, 0.6) is 0 Å². The molecule has 10 aromatic heterocycles. The number of aryl methyl sites for hydroxylation is 15. The van der Waals surface area contributed by atoms with Crippen LogP contribution in [0.1, 0.15) is 194 Å². The first-order valence-electron chi connectivity index (χ1n) is 58.8. The topological polar surface area (TPSA) is 19.4 Å². The van der Waals surface area contributed by atoms with Crippen LogP contribution in [0, 0.1) is 68.9 Å². The highest BCUT2D eigenvalue weighted by atomic mass is 32.1. The van der Waals surface area contributed by atoms with E-state index in [0.29, 0.717) is 11.1 Å². The summed E-state index contributed by atoms with van der Waals surface area (Å²) in [6.45, 7) is 3.53. The van der Waals surface area contributed by atoms with Crippen molar-refractivity contribution in [2.75, 3.05) is 0 Å². The van der Waals surface area contributed by atoms with Crippen LogP contribution in [0.4, 0.5) is 0 Å². The van der Waals surface area contributed by atoms with Crippen molar-refractivity contribution in [3.63, 3.8) is 0 Å². The summed E-state index contributed by atoms with van der Waals surface area (Å²) in [6.07, 6.45) is 23.3. The Balaban J connectivity index is 0.000000106. The second kappa shape index (κ2) is 39.0. The zero-order chi connectivity index (χ0) is 112. The fourth-order valence-electron chi connectivity index (χ4n) is 23.6. The van der Waals surface area contributed by atoms with Gasteiger partial charge in [-0.25, -0.2) is 0 Å². The van der Waals surface area contributed by atoms with Gasteiger partial charge in [0.1, 0.15) is 58.7 Å². The summed E-state index contributed by atoms with van der Waals surface area (Å²) < 4.78 is 146.